The van der Waals surface area contributed by atoms with Gasteiger partial charge < -0.3 is 31.6 Å². The second kappa shape index (κ2) is 13.2. The van der Waals surface area contributed by atoms with Gasteiger partial charge in [-0.1, -0.05) is 6.92 Å². The normalized spacial score (nSPS) is 11.6. The van der Waals surface area contributed by atoms with Crippen LogP contribution in [0.5, 0.6) is 0 Å². The first-order valence-corrected chi connectivity index (χ1v) is 12.4. The number of nitrogens with one attached hydrogen (secondary N) is 2. The first-order chi connectivity index (χ1) is 18.2. The highest BCUT2D eigenvalue weighted by Gasteiger charge is 2.24. The van der Waals surface area contributed by atoms with Crippen molar-refractivity contribution in [2.75, 3.05) is 30.0 Å². The number of carbonyl (C=O) groups excluding carboxylic acids is 3. The number of ether oxygens (including phenoxy) is 2. The molecule has 1 amide bonds. The number of hydrogen-bond donors (Lipinski definition) is 4. The molecule has 2 aromatic heterocycles. The van der Waals surface area contributed by atoms with Crippen LogP contribution in [0.15, 0.2) is 30.3 Å². The Morgan fingerprint density at radius 2 is 1.68 bits per heavy atom. The molecule has 0 unspecified atom stereocenters. The summed E-state index contributed by atoms with van der Waals surface area (Å²) in [5.74, 6) is -1.17. The average Bonchev–Trinajstić information content (AvgIpc) is 2.89. The maximum Gasteiger partial charge on any atom is 0.328 e. The predicted molar refractivity (Wildman–Crippen MR) is 143 cm³/mol. The molecule has 0 bridgehead atoms. The number of nitrogens with zero attached hydrogens (tertiary/aromatic N) is 3. The molecule has 0 aliphatic rings. The van der Waals surface area contributed by atoms with Crippen LogP contribution in [0.3, 0.4) is 0 Å². The third kappa shape index (κ3) is 7.28. The molecule has 3 aromatic rings. The van der Waals surface area contributed by atoms with Crippen LogP contribution in [0.25, 0.3) is 11.0 Å². The smallest absolute Gasteiger partial charge is 0.328 e. The van der Waals surface area contributed by atoms with Gasteiger partial charge in [0.1, 0.15) is 11.9 Å². The van der Waals surface area contributed by atoms with Crippen LogP contribution in [-0.4, -0.2) is 52.1 Å². The molecule has 2 heterocycles. The zero-order chi connectivity index (χ0) is 27.7. The Morgan fingerprint density at radius 1 is 0.974 bits per heavy atom. The first kappa shape index (κ1) is 28.1. The van der Waals surface area contributed by atoms with Crippen molar-refractivity contribution in [2.45, 2.75) is 52.6 Å². The van der Waals surface area contributed by atoms with Gasteiger partial charge in [-0.3, -0.25) is 9.59 Å². The number of amides is 1. The number of esters is 2. The van der Waals surface area contributed by atoms with E-state index in [9.17, 15) is 14.4 Å². The number of pyridine rings is 1. The Balaban J connectivity index is 1.67. The standard InChI is InChI=1S/C26H33N7O5/c1-4-19-16(13-18-22(27)32-26(28)33-23(18)30-19)14-29-17-9-7-15(8-10-17)24(35)31-20(25(36)38-6-3)11-12-21(34)37-5-2/h7-10,13,20,29H,4-6,11-12,14H2,1-3H3,(H,31,35)(H4,27,28,30,32,33)/t20-/m0/s1. The van der Waals surface area contributed by atoms with Crippen molar-refractivity contribution in [3.05, 3.63) is 47.2 Å². The van der Waals surface area contributed by atoms with Gasteiger partial charge >= 0.3 is 11.9 Å². The van der Waals surface area contributed by atoms with Crippen LogP contribution in [-0.2, 0) is 32.0 Å². The van der Waals surface area contributed by atoms with Gasteiger partial charge in [0.05, 0.1) is 18.6 Å². The van der Waals surface area contributed by atoms with Gasteiger partial charge in [-0.2, -0.15) is 9.97 Å². The van der Waals surface area contributed by atoms with E-state index in [1.54, 1.807) is 38.1 Å². The number of nitrogen functional groups attached to an aromatic ring is 2. The van der Waals surface area contributed by atoms with Gasteiger partial charge in [0.15, 0.2) is 5.65 Å². The largest absolute Gasteiger partial charge is 0.466 e. The van der Waals surface area contributed by atoms with Crippen molar-refractivity contribution in [2.24, 2.45) is 0 Å². The Kier molecular flexibility index (Phi) is 9.74. The zero-order valence-electron chi connectivity index (χ0n) is 21.7. The summed E-state index contributed by atoms with van der Waals surface area (Å²) >= 11 is 0. The van der Waals surface area contributed by atoms with Crippen molar-refractivity contribution in [3.8, 4) is 0 Å². The van der Waals surface area contributed by atoms with E-state index in [0.717, 1.165) is 16.9 Å². The number of aryl methyl sites for hydroxylation is 1. The van der Waals surface area contributed by atoms with E-state index in [0.29, 0.717) is 29.6 Å². The highest BCUT2D eigenvalue weighted by atomic mass is 16.5. The van der Waals surface area contributed by atoms with Gasteiger partial charge in [-0.25, -0.2) is 9.78 Å². The van der Waals surface area contributed by atoms with Gasteiger partial charge in [-0.15, -0.1) is 0 Å². The molecule has 3 rings (SSSR count). The lowest BCUT2D eigenvalue weighted by Crippen LogP contribution is -2.42. The van der Waals surface area contributed by atoms with Crippen molar-refractivity contribution < 1.29 is 23.9 Å². The lowest BCUT2D eigenvalue weighted by Gasteiger charge is -2.17. The second-order valence-electron chi connectivity index (χ2n) is 8.34. The van der Waals surface area contributed by atoms with E-state index in [1.165, 1.54) is 0 Å². The number of carbonyl (C=O) groups is 3. The van der Waals surface area contributed by atoms with E-state index in [2.05, 4.69) is 25.6 Å². The van der Waals surface area contributed by atoms with Crippen LogP contribution in [0.2, 0.25) is 0 Å². The van der Waals surface area contributed by atoms with Crippen LogP contribution >= 0.6 is 0 Å². The van der Waals surface area contributed by atoms with Crippen molar-refractivity contribution in [3.63, 3.8) is 0 Å². The highest BCUT2D eigenvalue weighted by Crippen LogP contribution is 2.22. The molecule has 38 heavy (non-hydrogen) atoms. The molecule has 12 nitrogen and oxygen atoms in total. The quantitative estimate of drug-likeness (QED) is 0.255. The molecular weight excluding hydrogens is 490 g/mol. The SMILES string of the molecule is CCOC(=O)CC[C@H](NC(=O)c1ccc(NCc2cc3c(N)nc(N)nc3nc2CC)cc1)C(=O)OCC. The van der Waals surface area contributed by atoms with Crippen molar-refractivity contribution >= 4 is 46.3 Å². The lowest BCUT2D eigenvalue weighted by molar-refractivity contribution is -0.146. The second-order valence-corrected chi connectivity index (χ2v) is 8.34. The number of fused-ring (bicyclic) bond motifs is 1. The Morgan fingerprint density at radius 3 is 2.34 bits per heavy atom. The van der Waals surface area contributed by atoms with Gasteiger partial charge in [0, 0.05) is 29.9 Å². The monoisotopic (exact) mass is 523 g/mol. The highest BCUT2D eigenvalue weighted by molar-refractivity contribution is 5.97. The van der Waals surface area contributed by atoms with Crippen molar-refractivity contribution in [1.82, 2.24) is 20.3 Å². The fourth-order valence-electron chi connectivity index (χ4n) is 3.80. The number of nitrogens with two attached hydrogens (primary N) is 2. The molecule has 1 atom stereocenters. The lowest BCUT2D eigenvalue weighted by atomic mass is 10.1. The maximum atomic E-state index is 12.8. The fraction of sp³-hybridized carbons (Fsp3) is 0.385. The molecule has 0 spiro atoms. The topological polar surface area (TPSA) is 184 Å². The summed E-state index contributed by atoms with van der Waals surface area (Å²) < 4.78 is 9.95. The number of hydrogen-bond acceptors (Lipinski definition) is 11. The maximum absolute atomic E-state index is 12.8. The summed E-state index contributed by atoms with van der Waals surface area (Å²) in [5.41, 5.74) is 15.1. The predicted octanol–water partition coefficient (Wildman–Crippen LogP) is 2.37. The number of benzene rings is 1. The van der Waals surface area contributed by atoms with E-state index in [-0.39, 0.29) is 37.8 Å². The zero-order valence-corrected chi connectivity index (χ0v) is 21.7. The minimum Gasteiger partial charge on any atom is -0.466 e. The van der Waals surface area contributed by atoms with Crippen LogP contribution < -0.4 is 22.1 Å². The molecule has 0 aliphatic heterocycles. The molecule has 12 heteroatoms. The summed E-state index contributed by atoms with van der Waals surface area (Å²) in [4.78, 5) is 49.6. The van der Waals surface area contributed by atoms with E-state index in [4.69, 9.17) is 20.9 Å². The molecular formula is C26H33N7O5. The van der Waals surface area contributed by atoms with Gasteiger partial charge in [-0.05, 0) is 62.6 Å². The first-order valence-electron chi connectivity index (χ1n) is 12.4. The Bertz CT molecular complexity index is 1300. The van der Waals surface area contributed by atoms with Crippen molar-refractivity contribution in [1.29, 1.82) is 0 Å². The van der Waals surface area contributed by atoms with E-state index >= 15 is 0 Å². The third-order valence-electron chi connectivity index (χ3n) is 5.69. The Hall–Kier alpha value is -4.48. The van der Waals surface area contributed by atoms with Gasteiger partial charge in [0.25, 0.3) is 5.91 Å². The van der Waals surface area contributed by atoms with E-state index in [1.807, 2.05) is 13.0 Å². The molecule has 1 aromatic carbocycles. The number of anilines is 3. The summed E-state index contributed by atoms with van der Waals surface area (Å²) in [6.45, 7) is 6.22. The molecule has 0 fully saturated rings. The summed E-state index contributed by atoms with van der Waals surface area (Å²) in [6.07, 6.45) is 0.743. The molecule has 0 radical (unpaired) electrons. The van der Waals surface area contributed by atoms with Crippen LogP contribution in [0.1, 0.15) is 55.2 Å². The molecule has 0 aliphatic carbocycles. The molecule has 0 saturated heterocycles. The van der Waals surface area contributed by atoms with Crippen LogP contribution in [0, 0.1) is 0 Å². The number of aromatic nitrogens is 3. The van der Waals surface area contributed by atoms with Crippen LogP contribution in [0.4, 0.5) is 17.5 Å². The minimum absolute atomic E-state index is 0.0189. The van der Waals surface area contributed by atoms with E-state index < -0.39 is 23.9 Å². The third-order valence-corrected chi connectivity index (χ3v) is 5.69. The molecule has 6 N–H and O–H groups in total. The number of rotatable bonds is 12. The average molecular weight is 524 g/mol. The molecule has 0 saturated carbocycles. The molecule has 202 valence electrons. The summed E-state index contributed by atoms with van der Waals surface area (Å²) in [6, 6.07) is 7.72. The minimum atomic E-state index is -0.968. The van der Waals surface area contributed by atoms with Gasteiger partial charge in [0.2, 0.25) is 5.95 Å². The Labute approximate surface area is 220 Å². The fourth-order valence-corrected chi connectivity index (χ4v) is 3.80. The summed E-state index contributed by atoms with van der Waals surface area (Å²) in [7, 11) is 0. The summed E-state index contributed by atoms with van der Waals surface area (Å²) in [5, 5.41) is 6.59.